The van der Waals surface area contributed by atoms with Gasteiger partial charge in [0.25, 0.3) is 0 Å². The molecule has 12 heavy (non-hydrogen) atoms. The lowest BCUT2D eigenvalue weighted by Gasteiger charge is -2.25. The molecule has 0 saturated heterocycles. The van der Waals surface area contributed by atoms with E-state index >= 15 is 0 Å². The van der Waals surface area contributed by atoms with Gasteiger partial charge in [-0.1, -0.05) is 18.2 Å². The fourth-order valence-corrected chi connectivity index (χ4v) is 1.28. The Morgan fingerprint density at radius 3 is 3.17 bits per heavy atom. The highest BCUT2D eigenvalue weighted by atomic mass is 16.4. The normalized spacial score (nSPS) is 23.8. The van der Waals surface area contributed by atoms with Gasteiger partial charge in [0.1, 0.15) is 0 Å². The Labute approximate surface area is 72.0 Å². The topological polar surface area (TPSA) is 40.5 Å². The van der Waals surface area contributed by atoms with Crippen LogP contribution in [0.1, 0.15) is 0 Å². The maximum Gasteiger partial charge on any atom is 0.311 e. The van der Waals surface area contributed by atoms with Gasteiger partial charge in [-0.2, -0.15) is 0 Å². The minimum atomic E-state index is -0.750. The van der Waals surface area contributed by atoms with Gasteiger partial charge in [-0.15, -0.1) is 6.58 Å². The second kappa shape index (κ2) is 4.07. The van der Waals surface area contributed by atoms with E-state index < -0.39 is 5.97 Å². The Bertz CT molecular complexity index is 211. The number of rotatable bonds is 3. The molecule has 1 heterocycles. The van der Waals surface area contributed by atoms with Crippen molar-refractivity contribution in [3.63, 3.8) is 0 Å². The summed E-state index contributed by atoms with van der Waals surface area (Å²) in [4.78, 5) is 12.6. The van der Waals surface area contributed by atoms with Gasteiger partial charge >= 0.3 is 5.97 Å². The minimum absolute atomic E-state index is 0.348. The molecule has 1 unspecified atom stereocenters. The van der Waals surface area contributed by atoms with Gasteiger partial charge in [-0.3, -0.25) is 9.69 Å². The molecule has 1 aliphatic heterocycles. The molecule has 66 valence electrons. The van der Waals surface area contributed by atoms with Crippen LogP contribution in [-0.4, -0.2) is 35.6 Å². The average Bonchev–Trinajstić information content (AvgIpc) is 2.05. The highest BCUT2D eigenvalue weighted by molar-refractivity contribution is 5.72. The zero-order chi connectivity index (χ0) is 8.97. The molecule has 0 aromatic heterocycles. The minimum Gasteiger partial charge on any atom is -0.481 e. The monoisotopic (exact) mass is 167 g/mol. The zero-order valence-electron chi connectivity index (χ0n) is 6.94. The van der Waals surface area contributed by atoms with Crippen molar-refractivity contribution in [1.82, 2.24) is 4.90 Å². The Balaban J connectivity index is 2.50. The van der Waals surface area contributed by atoms with Gasteiger partial charge in [0, 0.05) is 19.6 Å². The summed E-state index contributed by atoms with van der Waals surface area (Å²) in [5, 5.41) is 8.72. The summed E-state index contributed by atoms with van der Waals surface area (Å²) in [5.41, 5.74) is 0. The lowest BCUT2D eigenvalue weighted by atomic mass is 10.1. The van der Waals surface area contributed by atoms with Crippen molar-refractivity contribution in [1.29, 1.82) is 0 Å². The summed E-state index contributed by atoms with van der Waals surface area (Å²) in [6.45, 7) is 5.79. The maximum absolute atomic E-state index is 10.6. The van der Waals surface area contributed by atoms with Crippen LogP contribution in [0, 0.1) is 5.92 Å². The van der Waals surface area contributed by atoms with Crippen molar-refractivity contribution in [2.75, 3.05) is 19.6 Å². The van der Waals surface area contributed by atoms with Crippen molar-refractivity contribution in [3.05, 3.63) is 24.8 Å². The largest absolute Gasteiger partial charge is 0.481 e. The molecule has 1 N–H and O–H groups in total. The zero-order valence-corrected chi connectivity index (χ0v) is 6.94. The van der Waals surface area contributed by atoms with Gasteiger partial charge in [0.15, 0.2) is 0 Å². The van der Waals surface area contributed by atoms with Crippen LogP contribution in [0.2, 0.25) is 0 Å². The third-order valence-corrected chi connectivity index (χ3v) is 1.89. The maximum atomic E-state index is 10.6. The summed E-state index contributed by atoms with van der Waals surface area (Å²) in [6, 6.07) is 0. The van der Waals surface area contributed by atoms with Crippen LogP contribution in [0.15, 0.2) is 24.8 Å². The predicted octanol–water partition coefficient (Wildman–Crippen LogP) is 0.745. The molecule has 0 amide bonds. The SMILES string of the molecule is C=CCN1CC=CC(C(=O)O)C1. The lowest BCUT2D eigenvalue weighted by molar-refractivity contribution is -0.140. The van der Waals surface area contributed by atoms with Crippen LogP contribution in [0.4, 0.5) is 0 Å². The molecule has 0 fully saturated rings. The van der Waals surface area contributed by atoms with E-state index in [1.165, 1.54) is 0 Å². The molecule has 3 heteroatoms. The van der Waals surface area contributed by atoms with Crippen molar-refractivity contribution in [2.24, 2.45) is 5.92 Å². The first-order valence-electron chi connectivity index (χ1n) is 3.96. The van der Waals surface area contributed by atoms with E-state index in [1.54, 1.807) is 12.2 Å². The molecule has 0 saturated carbocycles. The van der Waals surface area contributed by atoms with Crippen LogP contribution >= 0.6 is 0 Å². The van der Waals surface area contributed by atoms with Gasteiger partial charge in [0.05, 0.1) is 5.92 Å². The number of nitrogens with zero attached hydrogens (tertiary/aromatic N) is 1. The second-order valence-electron chi connectivity index (χ2n) is 2.88. The van der Waals surface area contributed by atoms with E-state index in [4.69, 9.17) is 5.11 Å². The van der Waals surface area contributed by atoms with Crippen LogP contribution < -0.4 is 0 Å². The molecule has 0 aromatic rings. The molecule has 0 aromatic carbocycles. The molecule has 3 nitrogen and oxygen atoms in total. The first-order chi connectivity index (χ1) is 5.74. The molecule has 1 atom stereocenters. The van der Waals surface area contributed by atoms with E-state index in [-0.39, 0.29) is 5.92 Å². The number of hydrogen-bond acceptors (Lipinski definition) is 2. The molecular formula is C9H13NO2. The van der Waals surface area contributed by atoms with Crippen molar-refractivity contribution in [3.8, 4) is 0 Å². The Morgan fingerprint density at radius 2 is 2.58 bits per heavy atom. The number of carboxylic acid groups (broad SMARTS) is 1. The summed E-state index contributed by atoms with van der Waals surface area (Å²) in [6.07, 6.45) is 5.44. The summed E-state index contributed by atoms with van der Waals surface area (Å²) >= 11 is 0. The first-order valence-corrected chi connectivity index (χ1v) is 3.96. The molecule has 1 aliphatic rings. The van der Waals surface area contributed by atoms with E-state index in [1.807, 2.05) is 11.0 Å². The Kier molecular flexibility index (Phi) is 3.05. The highest BCUT2D eigenvalue weighted by Gasteiger charge is 2.19. The number of hydrogen-bond donors (Lipinski definition) is 1. The van der Waals surface area contributed by atoms with Gasteiger partial charge in [-0.25, -0.2) is 0 Å². The fraction of sp³-hybridized carbons (Fsp3) is 0.444. The molecule has 0 spiro atoms. The summed E-state index contributed by atoms with van der Waals surface area (Å²) < 4.78 is 0. The second-order valence-corrected chi connectivity index (χ2v) is 2.88. The molecule has 1 rings (SSSR count). The van der Waals surface area contributed by atoms with Crippen LogP contribution in [0.25, 0.3) is 0 Å². The molecule has 0 aliphatic carbocycles. The molecular weight excluding hydrogens is 154 g/mol. The predicted molar refractivity (Wildman–Crippen MR) is 46.9 cm³/mol. The van der Waals surface area contributed by atoms with E-state index in [2.05, 4.69) is 6.58 Å². The Hall–Kier alpha value is -1.09. The van der Waals surface area contributed by atoms with E-state index in [0.717, 1.165) is 13.1 Å². The fourth-order valence-electron chi connectivity index (χ4n) is 1.28. The number of carbonyl (C=O) groups is 1. The lowest BCUT2D eigenvalue weighted by Crippen LogP contribution is -2.35. The molecule has 0 radical (unpaired) electrons. The van der Waals surface area contributed by atoms with Crippen molar-refractivity contribution < 1.29 is 9.90 Å². The van der Waals surface area contributed by atoms with Crippen molar-refractivity contribution in [2.45, 2.75) is 0 Å². The van der Waals surface area contributed by atoms with Gasteiger partial charge in [-0.05, 0) is 0 Å². The summed E-state index contributed by atoms with van der Waals surface area (Å²) in [7, 11) is 0. The van der Waals surface area contributed by atoms with Crippen LogP contribution in [0.3, 0.4) is 0 Å². The highest BCUT2D eigenvalue weighted by Crippen LogP contribution is 2.08. The third kappa shape index (κ3) is 2.20. The van der Waals surface area contributed by atoms with Gasteiger partial charge < -0.3 is 5.11 Å². The number of aliphatic carboxylic acids is 1. The molecule has 0 bridgehead atoms. The van der Waals surface area contributed by atoms with E-state index in [0.29, 0.717) is 6.54 Å². The summed E-state index contributed by atoms with van der Waals surface area (Å²) in [5.74, 6) is -1.10. The number of carboxylic acids is 1. The first kappa shape index (κ1) is 9.00. The smallest absolute Gasteiger partial charge is 0.311 e. The standard InChI is InChI=1S/C9H13NO2/c1-2-5-10-6-3-4-8(7-10)9(11)12/h2-4,8H,1,5-7H2,(H,11,12). The van der Waals surface area contributed by atoms with Crippen molar-refractivity contribution >= 4 is 5.97 Å². The average molecular weight is 167 g/mol. The van der Waals surface area contributed by atoms with Crippen LogP contribution in [-0.2, 0) is 4.79 Å². The third-order valence-electron chi connectivity index (χ3n) is 1.89. The van der Waals surface area contributed by atoms with Crippen LogP contribution in [0.5, 0.6) is 0 Å². The Morgan fingerprint density at radius 1 is 1.83 bits per heavy atom. The quantitative estimate of drug-likeness (QED) is 0.630. The van der Waals surface area contributed by atoms with E-state index in [9.17, 15) is 4.79 Å². The van der Waals surface area contributed by atoms with Gasteiger partial charge in [0.2, 0.25) is 0 Å².